The molecule has 0 unspecified atom stereocenters. The van der Waals surface area contributed by atoms with Crippen molar-refractivity contribution in [3.63, 3.8) is 0 Å². The van der Waals surface area contributed by atoms with Crippen LogP contribution in [0, 0.1) is 0 Å². The van der Waals surface area contributed by atoms with Gasteiger partial charge in [-0.2, -0.15) is 29.9 Å². The molecule has 2 aromatic heterocycles. The molecule has 0 fully saturated rings. The average molecular weight is 547 g/mol. The average Bonchev–Trinajstić information content (AvgIpc) is 3.64. The third-order valence-corrected chi connectivity index (χ3v) is 5.87. The second-order valence-electron chi connectivity index (χ2n) is 8.55. The zero-order chi connectivity index (χ0) is 27.5. The normalized spacial score (nSPS) is 12.7. The van der Waals surface area contributed by atoms with Gasteiger partial charge in [0.1, 0.15) is 0 Å². The fourth-order valence-electron chi connectivity index (χ4n) is 3.96. The summed E-state index contributed by atoms with van der Waals surface area (Å²) in [4.78, 5) is 26.3. The molecule has 6 rings (SSSR count). The first-order valence-corrected chi connectivity index (χ1v) is 12.2. The summed E-state index contributed by atoms with van der Waals surface area (Å²) >= 11 is 0. The fourth-order valence-corrected chi connectivity index (χ4v) is 3.96. The summed E-state index contributed by atoms with van der Waals surface area (Å²) in [6, 6.07) is 11.4. The van der Waals surface area contributed by atoms with E-state index in [1.807, 2.05) is 36.4 Å². The number of hydrogen-bond acceptors (Lipinski definition) is 16. The number of anilines is 6. The lowest BCUT2D eigenvalue weighted by molar-refractivity contribution is 0.173. The van der Waals surface area contributed by atoms with Gasteiger partial charge in [0.25, 0.3) is 5.95 Å². The van der Waals surface area contributed by atoms with Gasteiger partial charge >= 0.3 is 0 Å². The van der Waals surface area contributed by atoms with Crippen molar-refractivity contribution in [1.29, 1.82) is 0 Å². The van der Waals surface area contributed by atoms with Gasteiger partial charge in [0.2, 0.25) is 43.3 Å². The van der Waals surface area contributed by atoms with Crippen molar-refractivity contribution in [2.24, 2.45) is 0 Å². The van der Waals surface area contributed by atoms with Crippen LogP contribution < -0.4 is 51.1 Å². The number of hydrogen-bond donors (Lipinski definition) is 5. The van der Waals surface area contributed by atoms with Crippen LogP contribution in [-0.2, 0) is 13.1 Å². The van der Waals surface area contributed by atoms with E-state index in [0.717, 1.165) is 16.9 Å². The molecule has 0 radical (unpaired) electrons. The topological polar surface area (TPSA) is 192 Å². The molecule has 16 nitrogen and oxygen atoms in total. The van der Waals surface area contributed by atoms with Crippen molar-refractivity contribution in [3.8, 4) is 23.0 Å². The molecule has 2 aliphatic rings. The summed E-state index contributed by atoms with van der Waals surface area (Å²) in [6.07, 6.45) is 0. The number of hydrazine groups is 1. The van der Waals surface area contributed by atoms with Crippen LogP contribution in [-0.4, -0.2) is 57.6 Å². The molecular formula is C24H26N12O4. The number of nitrogens with two attached hydrogens (primary N) is 1. The molecule has 0 atom stereocenters. The predicted octanol–water partition coefficient (Wildman–Crippen LogP) is 1.83. The molecule has 16 heteroatoms. The zero-order valence-electron chi connectivity index (χ0n) is 21.6. The van der Waals surface area contributed by atoms with Crippen LogP contribution >= 0.6 is 0 Å². The number of aromatic nitrogens is 6. The van der Waals surface area contributed by atoms with Crippen LogP contribution in [0.1, 0.15) is 11.1 Å². The highest BCUT2D eigenvalue weighted by Crippen LogP contribution is 2.34. The van der Waals surface area contributed by atoms with E-state index in [4.69, 9.17) is 24.7 Å². The molecular weight excluding hydrogens is 520 g/mol. The Morgan fingerprint density at radius 2 is 1.30 bits per heavy atom. The molecule has 0 saturated heterocycles. The first-order chi connectivity index (χ1) is 19.6. The minimum absolute atomic E-state index is 0.0458. The van der Waals surface area contributed by atoms with E-state index in [0.29, 0.717) is 48.2 Å². The van der Waals surface area contributed by atoms with Gasteiger partial charge in [0.05, 0.1) is 6.54 Å². The highest BCUT2D eigenvalue weighted by Gasteiger charge is 2.19. The monoisotopic (exact) mass is 546 g/mol. The SMILES string of the molecule is CNc1nc(NCc2ccc3c(c2)OCO3)nc(NN(Cc2ccc3c(c2)OCO3)c2nc(N)nc(NC)n2)n1. The van der Waals surface area contributed by atoms with Crippen LogP contribution in [0.15, 0.2) is 36.4 Å². The van der Waals surface area contributed by atoms with Gasteiger partial charge < -0.3 is 40.6 Å². The lowest BCUT2D eigenvalue weighted by Crippen LogP contribution is -2.33. The summed E-state index contributed by atoms with van der Waals surface area (Å²) in [5, 5.41) is 10.7. The second-order valence-corrected chi connectivity index (χ2v) is 8.55. The molecule has 0 saturated carbocycles. The summed E-state index contributed by atoms with van der Waals surface area (Å²) < 4.78 is 21.8. The van der Waals surface area contributed by atoms with Crippen molar-refractivity contribution < 1.29 is 18.9 Å². The molecule has 40 heavy (non-hydrogen) atoms. The number of fused-ring (bicyclic) bond motifs is 2. The summed E-state index contributed by atoms with van der Waals surface area (Å²) in [7, 11) is 3.41. The maximum Gasteiger partial charge on any atom is 0.251 e. The van der Waals surface area contributed by atoms with Gasteiger partial charge in [-0.05, 0) is 35.4 Å². The number of ether oxygens (including phenoxy) is 4. The van der Waals surface area contributed by atoms with E-state index in [1.54, 1.807) is 19.1 Å². The minimum atomic E-state index is 0.0458. The molecule has 6 N–H and O–H groups in total. The molecule has 2 aliphatic heterocycles. The number of nitrogen functional groups attached to an aromatic ring is 1. The smallest absolute Gasteiger partial charge is 0.251 e. The minimum Gasteiger partial charge on any atom is -0.454 e. The summed E-state index contributed by atoms with van der Waals surface area (Å²) in [5.41, 5.74) is 11.0. The molecule has 2 aromatic carbocycles. The molecule has 4 aromatic rings. The lowest BCUT2D eigenvalue weighted by atomic mass is 10.2. The Kier molecular flexibility index (Phi) is 6.61. The van der Waals surface area contributed by atoms with E-state index >= 15 is 0 Å². The third-order valence-electron chi connectivity index (χ3n) is 5.87. The Balaban J connectivity index is 1.27. The number of rotatable bonds is 10. The molecule has 4 heterocycles. The Bertz CT molecular complexity index is 1540. The van der Waals surface area contributed by atoms with E-state index in [9.17, 15) is 0 Å². The zero-order valence-corrected chi connectivity index (χ0v) is 21.6. The second kappa shape index (κ2) is 10.7. The molecule has 206 valence electrons. The van der Waals surface area contributed by atoms with E-state index in [-0.39, 0.29) is 31.4 Å². The first-order valence-electron chi connectivity index (χ1n) is 12.2. The van der Waals surface area contributed by atoms with Crippen molar-refractivity contribution in [2.45, 2.75) is 13.1 Å². The molecule has 0 bridgehead atoms. The summed E-state index contributed by atoms with van der Waals surface area (Å²) in [6.45, 7) is 1.13. The van der Waals surface area contributed by atoms with Crippen molar-refractivity contribution in [2.75, 3.05) is 59.8 Å². The lowest BCUT2D eigenvalue weighted by Gasteiger charge is -2.24. The number of nitrogens with one attached hydrogen (secondary N) is 4. The van der Waals surface area contributed by atoms with Gasteiger partial charge in [-0.1, -0.05) is 12.1 Å². The van der Waals surface area contributed by atoms with E-state index < -0.39 is 0 Å². The number of nitrogens with zero attached hydrogens (tertiary/aromatic N) is 7. The predicted molar refractivity (Wildman–Crippen MR) is 145 cm³/mol. The first kappa shape index (κ1) is 24.8. The standard InChI is InChI=1S/C24H26N12O4/c1-26-20-29-19(25)30-24(34-20)36(10-14-4-6-16-18(8-14)40-12-38-16)35-23-32-21(27-2)31-22(33-23)28-9-13-3-5-15-17(7-13)39-11-37-15/h3-8H,9-12H2,1-2H3,(H3,25,26,29,30,34)(H3,27,28,31,32,33,35). The Labute approximate surface area is 228 Å². The molecule has 0 spiro atoms. The van der Waals surface area contributed by atoms with Crippen LogP contribution in [0.4, 0.5) is 35.7 Å². The fraction of sp³-hybridized carbons (Fsp3) is 0.250. The highest BCUT2D eigenvalue weighted by atomic mass is 16.7. The van der Waals surface area contributed by atoms with Crippen LogP contribution in [0.5, 0.6) is 23.0 Å². The van der Waals surface area contributed by atoms with Gasteiger partial charge in [0, 0.05) is 20.6 Å². The molecule has 0 amide bonds. The Morgan fingerprint density at radius 1 is 0.700 bits per heavy atom. The van der Waals surface area contributed by atoms with Crippen molar-refractivity contribution in [1.82, 2.24) is 29.9 Å². The van der Waals surface area contributed by atoms with Crippen molar-refractivity contribution >= 4 is 35.7 Å². The van der Waals surface area contributed by atoms with E-state index in [1.165, 1.54) is 0 Å². The van der Waals surface area contributed by atoms with Gasteiger partial charge in [-0.3, -0.25) is 5.43 Å². The van der Waals surface area contributed by atoms with Gasteiger partial charge in [-0.25, -0.2) is 5.01 Å². The third kappa shape index (κ3) is 5.35. The maximum atomic E-state index is 5.96. The van der Waals surface area contributed by atoms with Crippen LogP contribution in [0.2, 0.25) is 0 Å². The highest BCUT2D eigenvalue weighted by molar-refractivity contribution is 5.52. The van der Waals surface area contributed by atoms with E-state index in [2.05, 4.69) is 51.3 Å². The maximum absolute atomic E-state index is 5.96. The summed E-state index contributed by atoms with van der Waals surface area (Å²) in [5.74, 6) is 4.26. The van der Waals surface area contributed by atoms with Crippen LogP contribution in [0.3, 0.4) is 0 Å². The van der Waals surface area contributed by atoms with Crippen molar-refractivity contribution in [3.05, 3.63) is 47.5 Å². The Hall–Kier alpha value is -5.54. The van der Waals surface area contributed by atoms with Crippen LogP contribution in [0.25, 0.3) is 0 Å². The molecule has 0 aliphatic carbocycles. The Morgan fingerprint density at radius 3 is 2.02 bits per heavy atom. The van der Waals surface area contributed by atoms with Gasteiger partial charge in [-0.15, -0.1) is 0 Å². The quantitative estimate of drug-likeness (QED) is 0.181. The largest absolute Gasteiger partial charge is 0.454 e. The van der Waals surface area contributed by atoms with Gasteiger partial charge in [0.15, 0.2) is 23.0 Å². The number of benzene rings is 2.